The van der Waals surface area contributed by atoms with Crippen LogP contribution in [0.25, 0.3) is 10.7 Å². The number of aromatic nitrogens is 3. The summed E-state index contributed by atoms with van der Waals surface area (Å²) in [4.78, 5) is 19.2. The Morgan fingerprint density at radius 2 is 1.84 bits per heavy atom. The highest BCUT2D eigenvalue weighted by molar-refractivity contribution is 7.18. The molecule has 0 spiro atoms. The fourth-order valence-electron chi connectivity index (χ4n) is 3.53. The number of nitrogens with one attached hydrogen (secondary N) is 1. The fourth-order valence-corrected chi connectivity index (χ4v) is 4.24. The largest absolute Gasteiger partial charge is 0.324 e. The first kappa shape index (κ1) is 16.4. The Bertz CT molecular complexity index is 722. The zero-order chi connectivity index (χ0) is 17.2. The van der Waals surface area contributed by atoms with Crippen LogP contribution in [0.5, 0.6) is 0 Å². The lowest BCUT2D eigenvalue weighted by molar-refractivity contribution is 0.151. The number of pyridine rings is 1. The van der Waals surface area contributed by atoms with E-state index < -0.39 is 0 Å². The molecule has 25 heavy (non-hydrogen) atoms. The minimum atomic E-state index is -0.0224. The normalized spacial score (nSPS) is 23.2. The van der Waals surface area contributed by atoms with Gasteiger partial charge in [0, 0.05) is 18.3 Å². The standard InChI is InChI=1S/C18H23N5OS/c1-12-5-7-13(8-6-12)23(14-9-10-14)18(24)20-17-22-21-16(25-17)15-4-2-3-11-19-15/h2-4,11-14H,5-10H2,1H3,(H,20,22,24). The lowest BCUT2D eigenvalue weighted by atomic mass is 9.86. The molecule has 0 saturated heterocycles. The van der Waals surface area contributed by atoms with Gasteiger partial charge in [0.15, 0.2) is 5.01 Å². The van der Waals surface area contributed by atoms with Crippen molar-refractivity contribution in [2.24, 2.45) is 5.92 Å². The van der Waals surface area contributed by atoms with Gasteiger partial charge in [0.05, 0.1) is 0 Å². The first-order valence-electron chi connectivity index (χ1n) is 9.05. The molecule has 132 valence electrons. The van der Waals surface area contributed by atoms with E-state index in [1.165, 1.54) is 24.2 Å². The van der Waals surface area contributed by atoms with Crippen molar-refractivity contribution in [1.82, 2.24) is 20.1 Å². The summed E-state index contributed by atoms with van der Waals surface area (Å²) in [7, 11) is 0. The number of carbonyl (C=O) groups is 1. The number of hydrogen-bond acceptors (Lipinski definition) is 5. The summed E-state index contributed by atoms with van der Waals surface area (Å²) < 4.78 is 0. The van der Waals surface area contributed by atoms with Crippen LogP contribution in [0.15, 0.2) is 24.4 Å². The lowest BCUT2D eigenvalue weighted by Gasteiger charge is -2.36. The Labute approximate surface area is 151 Å². The van der Waals surface area contributed by atoms with Gasteiger partial charge in [-0.2, -0.15) is 0 Å². The lowest BCUT2D eigenvalue weighted by Crippen LogP contribution is -2.45. The molecule has 2 aromatic heterocycles. The average Bonchev–Trinajstić information content (AvgIpc) is 3.35. The summed E-state index contributed by atoms with van der Waals surface area (Å²) in [5, 5.41) is 12.5. The number of anilines is 1. The van der Waals surface area contributed by atoms with Crippen molar-refractivity contribution in [2.45, 2.75) is 57.5 Å². The molecule has 2 fully saturated rings. The Kier molecular flexibility index (Phi) is 4.65. The van der Waals surface area contributed by atoms with Crippen LogP contribution in [0, 0.1) is 5.92 Å². The predicted octanol–water partition coefficient (Wildman–Crippen LogP) is 4.18. The molecule has 0 atom stereocenters. The first-order chi connectivity index (χ1) is 12.2. The van der Waals surface area contributed by atoms with Crippen LogP contribution in [0.3, 0.4) is 0 Å². The van der Waals surface area contributed by atoms with Gasteiger partial charge < -0.3 is 4.90 Å². The third kappa shape index (κ3) is 3.81. The molecule has 0 radical (unpaired) electrons. The van der Waals surface area contributed by atoms with Crippen molar-refractivity contribution < 1.29 is 4.79 Å². The minimum Gasteiger partial charge on any atom is -0.319 e. The number of nitrogens with zero attached hydrogens (tertiary/aromatic N) is 4. The summed E-state index contributed by atoms with van der Waals surface area (Å²) in [5.41, 5.74) is 0.779. The van der Waals surface area contributed by atoms with Crippen LogP contribution in [-0.4, -0.2) is 38.2 Å². The van der Waals surface area contributed by atoms with Crippen LogP contribution in [-0.2, 0) is 0 Å². The van der Waals surface area contributed by atoms with Gasteiger partial charge in [-0.1, -0.05) is 24.3 Å². The highest BCUT2D eigenvalue weighted by Crippen LogP contribution is 2.36. The molecule has 0 bridgehead atoms. The fraction of sp³-hybridized carbons (Fsp3) is 0.556. The van der Waals surface area contributed by atoms with Gasteiger partial charge in [0.25, 0.3) is 0 Å². The molecule has 2 saturated carbocycles. The molecular weight excluding hydrogens is 334 g/mol. The third-order valence-electron chi connectivity index (χ3n) is 5.08. The molecule has 2 heterocycles. The van der Waals surface area contributed by atoms with E-state index in [4.69, 9.17) is 0 Å². The van der Waals surface area contributed by atoms with Crippen LogP contribution >= 0.6 is 11.3 Å². The Morgan fingerprint density at radius 1 is 1.12 bits per heavy atom. The van der Waals surface area contributed by atoms with E-state index in [2.05, 4.69) is 32.3 Å². The van der Waals surface area contributed by atoms with E-state index in [9.17, 15) is 4.79 Å². The zero-order valence-corrected chi connectivity index (χ0v) is 15.2. The van der Waals surface area contributed by atoms with Crippen molar-refractivity contribution in [2.75, 3.05) is 5.32 Å². The smallest absolute Gasteiger partial charge is 0.319 e. The monoisotopic (exact) mass is 357 g/mol. The predicted molar refractivity (Wildman–Crippen MR) is 98.4 cm³/mol. The van der Waals surface area contributed by atoms with Gasteiger partial charge in [0.2, 0.25) is 5.13 Å². The highest BCUT2D eigenvalue weighted by atomic mass is 32.1. The van der Waals surface area contributed by atoms with Crippen molar-refractivity contribution in [3.8, 4) is 10.7 Å². The molecule has 2 aromatic rings. The second-order valence-corrected chi connectivity index (χ2v) is 8.09. The van der Waals surface area contributed by atoms with E-state index in [0.717, 1.165) is 42.3 Å². The van der Waals surface area contributed by atoms with Gasteiger partial charge in [-0.25, -0.2) is 4.79 Å². The molecular formula is C18H23N5OS. The summed E-state index contributed by atoms with van der Waals surface area (Å²) in [6.07, 6.45) is 8.62. The van der Waals surface area contributed by atoms with Crippen LogP contribution in [0.1, 0.15) is 45.4 Å². The van der Waals surface area contributed by atoms with Crippen molar-refractivity contribution in [3.63, 3.8) is 0 Å². The van der Waals surface area contributed by atoms with Gasteiger partial charge in [-0.05, 0) is 56.6 Å². The summed E-state index contributed by atoms with van der Waals surface area (Å²) in [5.74, 6) is 0.782. The molecule has 7 heteroatoms. The Morgan fingerprint density at radius 3 is 2.48 bits per heavy atom. The second-order valence-electron chi connectivity index (χ2n) is 7.11. The van der Waals surface area contributed by atoms with Gasteiger partial charge in [0.1, 0.15) is 5.69 Å². The van der Waals surface area contributed by atoms with E-state index in [0.29, 0.717) is 17.2 Å². The van der Waals surface area contributed by atoms with Crippen LogP contribution in [0.2, 0.25) is 0 Å². The molecule has 0 aliphatic heterocycles. The van der Waals surface area contributed by atoms with Crippen molar-refractivity contribution >= 4 is 22.5 Å². The van der Waals surface area contributed by atoms with E-state index in [-0.39, 0.29) is 6.03 Å². The molecule has 2 amide bonds. The maximum atomic E-state index is 12.9. The second kappa shape index (κ2) is 7.07. The molecule has 2 aliphatic rings. The quantitative estimate of drug-likeness (QED) is 0.891. The molecule has 0 aromatic carbocycles. The molecule has 0 unspecified atom stereocenters. The summed E-state index contributed by atoms with van der Waals surface area (Å²) in [6, 6.07) is 6.43. The van der Waals surface area contributed by atoms with Crippen LogP contribution in [0.4, 0.5) is 9.93 Å². The molecule has 6 nitrogen and oxygen atoms in total. The minimum absolute atomic E-state index is 0.0224. The Balaban J connectivity index is 1.44. The van der Waals surface area contributed by atoms with E-state index in [1.54, 1.807) is 6.20 Å². The average molecular weight is 357 g/mol. The molecule has 1 N–H and O–H groups in total. The summed E-state index contributed by atoms with van der Waals surface area (Å²) in [6.45, 7) is 2.30. The zero-order valence-electron chi connectivity index (χ0n) is 14.4. The number of amides is 2. The van der Waals surface area contributed by atoms with Crippen LogP contribution < -0.4 is 5.32 Å². The number of urea groups is 1. The number of rotatable bonds is 4. The summed E-state index contributed by atoms with van der Waals surface area (Å²) >= 11 is 1.37. The maximum absolute atomic E-state index is 12.9. The highest BCUT2D eigenvalue weighted by Gasteiger charge is 2.38. The van der Waals surface area contributed by atoms with E-state index >= 15 is 0 Å². The van der Waals surface area contributed by atoms with Crippen molar-refractivity contribution in [1.29, 1.82) is 0 Å². The Hall–Kier alpha value is -2.02. The topological polar surface area (TPSA) is 71.0 Å². The maximum Gasteiger partial charge on any atom is 0.324 e. The third-order valence-corrected chi connectivity index (χ3v) is 5.94. The van der Waals surface area contributed by atoms with Crippen molar-refractivity contribution in [3.05, 3.63) is 24.4 Å². The number of carbonyl (C=O) groups excluding carboxylic acids is 1. The SMILES string of the molecule is CC1CCC(N(C(=O)Nc2nnc(-c3ccccn3)s2)C2CC2)CC1. The van der Waals surface area contributed by atoms with Gasteiger partial charge >= 0.3 is 6.03 Å². The van der Waals surface area contributed by atoms with Gasteiger partial charge in [-0.15, -0.1) is 10.2 Å². The first-order valence-corrected chi connectivity index (χ1v) is 9.86. The number of hydrogen-bond donors (Lipinski definition) is 1. The van der Waals surface area contributed by atoms with Gasteiger partial charge in [-0.3, -0.25) is 10.3 Å². The van der Waals surface area contributed by atoms with E-state index in [1.807, 2.05) is 18.2 Å². The molecule has 2 aliphatic carbocycles. The molecule has 4 rings (SSSR count).